The minimum Gasteiger partial charge on any atom is -0.394 e. The highest BCUT2D eigenvalue weighted by molar-refractivity contribution is 5.99. The van der Waals surface area contributed by atoms with Gasteiger partial charge in [0, 0.05) is 43.0 Å². The minimum atomic E-state index is -0.640. The van der Waals surface area contributed by atoms with E-state index in [0.29, 0.717) is 40.7 Å². The number of carbonyl (C=O) groups is 1. The number of nitrogens with zero attached hydrogens (tertiary/aromatic N) is 7. The number of anilines is 3. The lowest BCUT2D eigenvalue weighted by atomic mass is 10.0. The SMILES string of the molecule is C=CCN1C(=O)c2cnc(Nc3cc(N[C@H](CO)c4ccccc4)c(-c4nc(-c5ccncc5)no4)cn3)nc2C1(C)C. The number of nitrogens with one attached hydrogen (secondary N) is 2. The van der Waals surface area contributed by atoms with E-state index in [9.17, 15) is 9.90 Å². The van der Waals surface area contributed by atoms with Gasteiger partial charge >= 0.3 is 0 Å². The van der Waals surface area contributed by atoms with Gasteiger partial charge in [-0.3, -0.25) is 9.78 Å². The maximum atomic E-state index is 12.9. The van der Waals surface area contributed by atoms with Gasteiger partial charge in [-0.1, -0.05) is 41.6 Å². The molecule has 5 heterocycles. The Kier molecular flexibility index (Phi) is 7.34. The Morgan fingerprint density at radius 3 is 2.58 bits per heavy atom. The van der Waals surface area contributed by atoms with Gasteiger partial charge in [-0.25, -0.2) is 15.0 Å². The van der Waals surface area contributed by atoms with Crippen molar-refractivity contribution in [3.05, 3.63) is 103 Å². The van der Waals surface area contributed by atoms with Crippen LogP contribution >= 0.6 is 0 Å². The van der Waals surface area contributed by atoms with Crippen LogP contribution in [0.15, 0.2) is 90.5 Å². The minimum absolute atomic E-state index is 0.137. The van der Waals surface area contributed by atoms with E-state index in [1.165, 1.54) is 6.20 Å². The summed E-state index contributed by atoms with van der Waals surface area (Å²) in [6.45, 7) is 7.88. The van der Waals surface area contributed by atoms with E-state index in [0.717, 1.165) is 11.1 Å². The highest BCUT2D eigenvalue weighted by Gasteiger charge is 2.44. The number of aromatic nitrogens is 6. The van der Waals surface area contributed by atoms with E-state index in [2.05, 4.69) is 42.3 Å². The molecule has 1 atom stereocenters. The summed E-state index contributed by atoms with van der Waals surface area (Å²) >= 11 is 0. The first-order chi connectivity index (χ1) is 20.9. The van der Waals surface area contributed by atoms with Gasteiger partial charge < -0.3 is 25.2 Å². The maximum absolute atomic E-state index is 12.9. The molecule has 0 bridgehead atoms. The molecule has 6 rings (SSSR count). The van der Waals surface area contributed by atoms with Gasteiger partial charge in [0.25, 0.3) is 11.8 Å². The average molecular weight is 576 g/mol. The number of hydrogen-bond acceptors (Lipinski definition) is 11. The molecule has 3 N–H and O–H groups in total. The first-order valence-corrected chi connectivity index (χ1v) is 13.6. The van der Waals surface area contributed by atoms with E-state index in [-0.39, 0.29) is 24.4 Å². The summed E-state index contributed by atoms with van der Waals surface area (Å²) in [7, 11) is 0. The molecule has 216 valence electrons. The Hall–Kier alpha value is -5.49. The Bertz CT molecular complexity index is 1770. The zero-order chi connectivity index (χ0) is 30.0. The Balaban J connectivity index is 1.35. The number of fused-ring (bicyclic) bond motifs is 1. The summed E-state index contributed by atoms with van der Waals surface area (Å²) < 4.78 is 5.63. The number of benzene rings is 1. The first kappa shape index (κ1) is 27.7. The zero-order valence-corrected chi connectivity index (χ0v) is 23.6. The van der Waals surface area contributed by atoms with Crippen LogP contribution in [-0.4, -0.2) is 59.1 Å². The van der Waals surface area contributed by atoms with Gasteiger partial charge in [0.1, 0.15) is 5.82 Å². The fourth-order valence-corrected chi connectivity index (χ4v) is 5.02. The van der Waals surface area contributed by atoms with Crippen LogP contribution in [0.5, 0.6) is 0 Å². The van der Waals surface area contributed by atoms with Crippen molar-refractivity contribution in [2.75, 3.05) is 23.8 Å². The Morgan fingerprint density at radius 2 is 1.84 bits per heavy atom. The van der Waals surface area contributed by atoms with Crippen LogP contribution in [0.1, 0.15) is 41.5 Å². The van der Waals surface area contributed by atoms with Crippen LogP contribution in [0.3, 0.4) is 0 Å². The van der Waals surface area contributed by atoms with E-state index >= 15 is 0 Å². The molecular weight excluding hydrogens is 546 g/mol. The van der Waals surface area contributed by atoms with Crippen molar-refractivity contribution in [1.29, 1.82) is 0 Å². The summed E-state index contributed by atoms with van der Waals surface area (Å²) in [5, 5.41) is 21.0. The standard InChI is InChI=1S/C31H29N9O3/c1-4-14-40-29(42)22-17-34-30(37-26(22)31(40,2)3)36-25-15-23(35-24(18-41)19-8-6-5-7-9-19)21(16-33-25)28-38-27(39-43-28)20-10-12-32-13-11-20/h4-13,15-17,24,41H,1,14,18H2,2-3H3,(H2,33,34,35,36,37)/t24-/m1/s1. The summed E-state index contributed by atoms with van der Waals surface area (Å²) in [6, 6.07) is 14.5. The van der Waals surface area contributed by atoms with Crippen molar-refractivity contribution in [1.82, 2.24) is 35.0 Å². The second-order valence-corrected chi connectivity index (χ2v) is 10.4. The Morgan fingerprint density at radius 1 is 1.07 bits per heavy atom. The molecule has 0 fully saturated rings. The third-order valence-electron chi connectivity index (χ3n) is 7.28. The molecule has 0 saturated heterocycles. The van der Waals surface area contributed by atoms with Crippen LogP contribution in [0.25, 0.3) is 22.8 Å². The zero-order valence-electron chi connectivity index (χ0n) is 23.6. The summed E-state index contributed by atoms with van der Waals surface area (Å²) in [5.74, 6) is 1.22. The molecule has 1 aromatic carbocycles. The number of carbonyl (C=O) groups excluding carboxylic acids is 1. The third-order valence-corrected chi connectivity index (χ3v) is 7.28. The number of pyridine rings is 2. The second-order valence-electron chi connectivity index (χ2n) is 10.4. The van der Waals surface area contributed by atoms with Crippen LogP contribution in [0, 0.1) is 0 Å². The van der Waals surface area contributed by atoms with Crippen molar-refractivity contribution in [2.24, 2.45) is 0 Å². The molecule has 0 radical (unpaired) electrons. The number of aliphatic hydroxyl groups is 1. The molecule has 12 nitrogen and oxygen atoms in total. The number of hydrogen-bond donors (Lipinski definition) is 3. The number of amides is 1. The van der Waals surface area contributed by atoms with Crippen molar-refractivity contribution < 1.29 is 14.4 Å². The van der Waals surface area contributed by atoms with Crippen LogP contribution in [-0.2, 0) is 5.54 Å². The van der Waals surface area contributed by atoms with Crippen molar-refractivity contribution in [3.63, 3.8) is 0 Å². The van der Waals surface area contributed by atoms with Gasteiger partial charge in [0.2, 0.25) is 11.8 Å². The van der Waals surface area contributed by atoms with Gasteiger partial charge in [-0.05, 0) is 31.5 Å². The van der Waals surface area contributed by atoms with Crippen molar-refractivity contribution >= 4 is 23.4 Å². The predicted molar refractivity (Wildman–Crippen MR) is 160 cm³/mol. The summed E-state index contributed by atoms with van der Waals surface area (Å²) in [6.07, 6.45) is 8.13. The van der Waals surface area contributed by atoms with Crippen LogP contribution in [0.2, 0.25) is 0 Å². The highest BCUT2D eigenvalue weighted by atomic mass is 16.5. The topological polar surface area (TPSA) is 155 Å². The molecule has 0 unspecified atom stereocenters. The first-order valence-electron chi connectivity index (χ1n) is 13.6. The normalized spacial score (nSPS) is 14.3. The van der Waals surface area contributed by atoms with Crippen molar-refractivity contribution in [3.8, 4) is 22.8 Å². The monoisotopic (exact) mass is 575 g/mol. The third kappa shape index (κ3) is 5.31. The molecule has 12 heteroatoms. The smallest absolute Gasteiger partial charge is 0.261 e. The number of rotatable bonds is 10. The molecule has 0 saturated carbocycles. The second kappa shape index (κ2) is 11.4. The van der Waals surface area contributed by atoms with E-state index in [4.69, 9.17) is 9.51 Å². The van der Waals surface area contributed by atoms with E-state index in [1.807, 2.05) is 44.2 Å². The van der Waals surface area contributed by atoms with Crippen LogP contribution in [0.4, 0.5) is 17.5 Å². The Labute approximate surface area is 247 Å². The lowest BCUT2D eigenvalue weighted by Gasteiger charge is -2.30. The quantitative estimate of drug-likeness (QED) is 0.198. The largest absolute Gasteiger partial charge is 0.394 e. The molecule has 0 spiro atoms. The average Bonchev–Trinajstić information content (AvgIpc) is 3.59. The molecule has 1 amide bonds. The molecule has 1 aliphatic rings. The fourth-order valence-electron chi connectivity index (χ4n) is 5.02. The molecular formula is C31H29N9O3. The van der Waals surface area contributed by atoms with E-state index < -0.39 is 11.6 Å². The maximum Gasteiger partial charge on any atom is 0.261 e. The molecule has 4 aromatic heterocycles. The molecule has 43 heavy (non-hydrogen) atoms. The lowest BCUT2D eigenvalue weighted by Crippen LogP contribution is -2.39. The number of aliphatic hydroxyl groups excluding tert-OH is 1. The molecule has 0 aliphatic carbocycles. The predicted octanol–water partition coefficient (Wildman–Crippen LogP) is 4.75. The lowest BCUT2D eigenvalue weighted by molar-refractivity contribution is 0.0649. The fraction of sp³-hybridized carbons (Fsp3) is 0.194. The van der Waals surface area contributed by atoms with Gasteiger partial charge in [-0.2, -0.15) is 4.98 Å². The van der Waals surface area contributed by atoms with Gasteiger partial charge in [-0.15, -0.1) is 6.58 Å². The highest BCUT2D eigenvalue weighted by Crippen LogP contribution is 2.38. The van der Waals surface area contributed by atoms with E-state index in [1.54, 1.807) is 47.8 Å². The summed E-state index contributed by atoms with van der Waals surface area (Å²) in [4.78, 5) is 36.9. The van der Waals surface area contributed by atoms with Gasteiger partial charge in [0.15, 0.2) is 0 Å². The summed E-state index contributed by atoms with van der Waals surface area (Å²) in [5.41, 5.74) is 3.20. The molecule has 1 aliphatic heterocycles. The molecule has 5 aromatic rings. The van der Waals surface area contributed by atoms with Gasteiger partial charge in [0.05, 0.1) is 40.7 Å². The van der Waals surface area contributed by atoms with Crippen LogP contribution < -0.4 is 10.6 Å². The van der Waals surface area contributed by atoms with Crippen molar-refractivity contribution in [2.45, 2.75) is 25.4 Å².